The Morgan fingerprint density at radius 2 is 1.81 bits per heavy atom. The average Bonchev–Trinajstić information content (AvgIpc) is 2.74. The maximum Gasteiger partial charge on any atom is 0.258 e. The molecule has 5 heteroatoms. The predicted octanol–water partition coefficient (Wildman–Crippen LogP) is 2.54. The van der Waals surface area contributed by atoms with Crippen molar-refractivity contribution < 1.29 is 9.53 Å². The van der Waals surface area contributed by atoms with Gasteiger partial charge in [0.2, 0.25) is 0 Å². The highest BCUT2D eigenvalue weighted by Gasteiger charge is 2.14. The van der Waals surface area contributed by atoms with Crippen LogP contribution < -0.4 is 15.8 Å². The molecule has 0 unspecified atom stereocenters. The molecule has 1 aliphatic rings. The van der Waals surface area contributed by atoms with Gasteiger partial charge in [0.15, 0.2) is 6.61 Å². The zero-order valence-electron chi connectivity index (χ0n) is 12.1. The van der Waals surface area contributed by atoms with E-state index in [1.165, 1.54) is 25.7 Å². The summed E-state index contributed by atoms with van der Waals surface area (Å²) >= 11 is 4.89. The second-order valence-electron chi connectivity index (χ2n) is 5.43. The first-order valence-electron chi connectivity index (χ1n) is 7.47. The lowest BCUT2D eigenvalue weighted by Crippen LogP contribution is -2.37. The van der Waals surface area contributed by atoms with Crippen LogP contribution in [0.25, 0.3) is 0 Å². The summed E-state index contributed by atoms with van der Waals surface area (Å²) in [6, 6.07) is 7.43. The Hall–Kier alpha value is -1.62. The van der Waals surface area contributed by atoms with Crippen LogP contribution in [0.2, 0.25) is 0 Å². The first kappa shape index (κ1) is 15.8. The van der Waals surface area contributed by atoms with E-state index >= 15 is 0 Å². The Labute approximate surface area is 131 Å². The van der Waals surface area contributed by atoms with E-state index in [4.69, 9.17) is 22.7 Å². The molecule has 0 bridgehead atoms. The van der Waals surface area contributed by atoms with Gasteiger partial charge in [-0.1, -0.05) is 37.9 Å². The molecule has 114 valence electrons. The molecule has 0 saturated heterocycles. The molecule has 1 aromatic rings. The third-order valence-electron chi connectivity index (χ3n) is 3.73. The molecular formula is C16H22N2O2S. The fraction of sp³-hybridized carbons (Fsp3) is 0.500. The number of amides is 1. The number of rotatable bonds is 5. The summed E-state index contributed by atoms with van der Waals surface area (Å²) in [5, 5.41) is 3.05. The van der Waals surface area contributed by atoms with Crippen molar-refractivity contribution in [3.63, 3.8) is 0 Å². The minimum Gasteiger partial charge on any atom is -0.484 e. The Morgan fingerprint density at radius 3 is 2.38 bits per heavy atom. The number of carbonyl (C=O) groups is 1. The molecule has 2 rings (SSSR count). The molecule has 0 spiro atoms. The van der Waals surface area contributed by atoms with E-state index in [0.717, 1.165) is 18.4 Å². The van der Waals surface area contributed by atoms with E-state index in [1.54, 1.807) is 24.3 Å². The van der Waals surface area contributed by atoms with E-state index in [2.05, 4.69) is 5.32 Å². The summed E-state index contributed by atoms with van der Waals surface area (Å²) in [5.41, 5.74) is 6.32. The van der Waals surface area contributed by atoms with Crippen LogP contribution in [-0.2, 0) is 4.79 Å². The minimum absolute atomic E-state index is 0.0446. The molecule has 0 aromatic heterocycles. The number of nitrogens with two attached hydrogens (primary N) is 1. The van der Waals surface area contributed by atoms with Crippen LogP contribution in [-0.4, -0.2) is 23.5 Å². The van der Waals surface area contributed by atoms with Crippen LogP contribution in [0.5, 0.6) is 5.75 Å². The smallest absolute Gasteiger partial charge is 0.258 e. The molecule has 0 atom stereocenters. The van der Waals surface area contributed by atoms with Crippen LogP contribution in [0.4, 0.5) is 0 Å². The molecule has 1 amide bonds. The number of nitrogens with one attached hydrogen (secondary N) is 1. The summed E-state index contributed by atoms with van der Waals surface area (Å²) in [6.07, 6.45) is 7.11. The highest BCUT2D eigenvalue weighted by atomic mass is 32.1. The third kappa shape index (κ3) is 5.34. The van der Waals surface area contributed by atoms with E-state index in [9.17, 15) is 4.79 Å². The summed E-state index contributed by atoms with van der Waals surface area (Å²) in [5.74, 6) is 0.589. The third-order valence-corrected chi connectivity index (χ3v) is 3.96. The molecule has 0 aliphatic heterocycles. The van der Waals surface area contributed by atoms with Crippen LogP contribution >= 0.6 is 12.2 Å². The standard InChI is InChI=1S/C16H22N2O2S/c17-16(21)12-7-9-14(10-8-12)20-11-15(19)18-13-5-3-1-2-4-6-13/h7-10,13H,1-6,11H2,(H2,17,21)(H,18,19). The number of hydrogen-bond donors (Lipinski definition) is 2. The molecular weight excluding hydrogens is 284 g/mol. The van der Waals surface area contributed by atoms with Gasteiger partial charge >= 0.3 is 0 Å². The molecule has 1 aliphatic carbocycles. The summed E-state index contributed by atoms with van der Waals surface area (Å²) in [7, 11) is 0. The van der Waals surface area contributed by atoms with Crippen molar-refractivity contribution in [2.24, 2.45) is 5.73 Å². The summed E-state index contributed by atoms with van der Waals surface area (Å²) < 4.78 is 5.48. The minimum atomic E-state index is -0.0553. The van der Waals surface area contributed by atoms with Gasteiger partial charge in [0.1, 0.15) is 10.7 Å². The second-order valence-corrected chi connectivity index (χ2v) is 5.87. The van der Waals surface area contributed by atoms with Crippen molar-refractivity contribution in [2.45, 2.75) is 44.6 Å². The van der Waals surface area contributed by atoms with E-state index in [0.29, 0.717) is 16.8 Å². The van der Waals surface area contributed by atoms with Crippen molar-refractivity contribution in [3.8, 4) is 5.75 Å². The fourth-order valence-electron chi connectivity index (χ4n) is 2.56. The lowest BCUT2D eigenvalue weighted by atomic mass is 10.1. The van der Waals surface area contributed by atoms with Gasteiger partial charge in [0.25, 0.3) is 5.91 Å². The van der Waals surface area contributed by atoms with Gasteiger partial charge in [0, 0.05) is 11.6 Å². The van der Waals surface area contributed by atoms with Crippen molar-refractivity contribution in [1.29, 1.82) is 0 Å². The molecule has 1 fully saturated rings. The predicted molar refractivity (Wildman–Crippen MR) is 87.5 cm³/mol. The van der Waals surface area contributed by atoms with Crippen molar-refractivity contribution in [3.05, 3.63) is 29.8 Å². The van der Waals surface area contributed by atoms with Crippen molar-refractivity contribution in [1.82, 2.24) is 5.32 Å². The quantitative estimate of drug-likeness (QED) is 0.648. The second kappa shape index (κ2) is 7.98. The van der Waals surface area contributed by atoms with E-state index in [-0.39, 0.29) is 12.5 Å². The van der Waals surface area contributed by atoms with Gasteiger partial charge in [0.05, 0.1) is 0 Å². The Morgan fingerprint density at radius 1 is 1.19 bits per heavy atom. The van der Waals surface area contributed by atoms with Gasteiger partial charge in [-0.15, -0.1) is 0 Å². The number of benzene rings is 1. The highest BCUT2D eigenvalue weighted by molar-refractivity contribution is 7.80. The Kier molecular flexibility index (Phi) is 5.99. The van der Waals surface area contributed by atoms with Crippen molar-refractivity contribution in [2.75, 3.05) is 6.61 Å². The molecule has 0 radical (unpaired) electrons. The zero-order chi connectivity index (χ0) is 15.1. The largest absolute Gasteiger partial charge is 0.484 e. The number of carbonyl (C=O) groups excluding carboxylic acids is 1. The van der Waals surface area contributed by atoms with Gasteiger partial charge in [-0.2, -0.15) is 0 Å². The van der Waals surface area contributed by atoms with Crippen LogP contribution in [0.1, 0.15) is 44.1 Å². The molecule has 3 N–H and O–H groups in total. The highest BCUT2D eigenvalue weighted by Crippen LogP contribution is 2.17. The van der Waals surface area contributed by atoms with Crippen LogP contribution in [0, 0.1) is 0 Å². The average molecular weight is 306 g/mol. The van der Waals surface area contributed by atoms with E-state index < -0.39 is 0 Å². The first-order chi connectivity index (χ1) is 10.1. The van der Waals surface area contributed by atoms with Gasteiger partial charge in [-0.05, 0) is 37.1 Å². The molecule has 1 saturated carbocycles. The Balaban J connectivity index is 1.76. The summed E-state index contributed by atoms with van der Waals surface area (Å²) in [6.45, 7) is 0.0446. The fourth-order valence-corrected chi connectivity index (χ4v) is 2.69. The number of hydrogen-bond acceptors (Lipinski definition) is 3. The molecule has 4 nitrogen and oxygen atoms in total. The number of ether oxygens (including phenoxy) is 1. The topological polar surface area (TPSA) is 64.3 Å². The van der Waals surface area contributed by atoms with Gasteiger partial charge in [-0.3, -0.25) is 4.79 Å². The SMILES string of the molecule is NC(=S)c1ccc(OCC(=O)NC2CCCCCC2)cc1. The van der Waals surface area contributed by atoms with E-state index in [1.807, 2.05) is 0 Å². The molecule has 21 heavy (non-hydrogen) atoms. The Bertz CT molecular complexity index is 480. The first-order valence-corrected chi connectivity index (χ1v) is 7.88. The van der Waals surface area contributed by atoms with Gasteiger partial charge in [-0.25, -0.2) is 0 Å². The normalized spacial score (nSPS) is 16.0. The maximum atomic E-state index is 11.9. The lowest BCUT2D eigenvalue weighted by molar-refractivity contribution is -0.123. The summed E-state index contributed by atoms with van der Waals surface area (Å²) in [4.78, 5) is 12.2. The zero-order valence-corrected chi connectivity index (χ0v) is 13.0. The van der Waals surface area contributed by atoms with Gasteiger partial charge < -0.3 is 15.8 Å². The number of thiocarbonyl (C=S) groups is 1. The van der Waals surface area contributed by atoms with Crippen LogP contribution in [0.3, 0.4) is 0 Å². The lowest BCUT2D eigenvalue weighted by Gasteiger charge is -2.16. The van der Waals surface area contributed by atoms with Crippen LogP contribution in [0.15, 0.2) is 24.3 Å². The molecule has 0 heterocycles. The van der Waals surface area contributed by atoms with Crippen molar-refractivity contribution >= 4 is 23.1 Å². The monoisotopic (exact) mass is 306 g/mol. The molecule has 1 aromatic carbocycles. The maximum absolute atomic E-state index is 11.9.